The van der Waals surface area contributed by atoms with Gasteiger partial charge in [-0.2, -0.15) is 0 Å². The minimum atomic E-state index is 0. The molecule has 1 aliphatic heterocycles. The second-order valence-corrected chi connectivity index (χ2v) is 7.37. The van der Waals surface area contributed by atoms with Crippen molar-refractivity contribution in [2.75, 3.05) is 26.7 Å². The van der Waals surface area contributed by atoms with Crippen molar-refractivity contribution in [2.24, 2.45) is 16.6 Å². The fourth-order valence-corrected chi connectivity index (χ4v) is 3.68. The quantitative estimate of drug-likeness (QED) is 0.440. The van der Waals surface area contributed by atoms with Gasteiger partial charge < -0.3 is 10.6 Å². The SMILES string of the molecule is CN(C(N)=NCC1CCN(Cc2cccs2)CC1)C1CC1.I. The molecule has 1 aromatic rings. The molecule has 6 heteroatoms. The Hall–Kier alpha value is -0.340. The second kappa shape index (κ2) is 8.49. The topological polar surface area (TPSA) is 44.9 Å². The third kappa shape index (κ3) is 5.09. The molecule has 1 saturated carbocycles. The summed E-state index contributed by atoms with van der Waals surface area (Å²) in [5, 5.41) is 2.16. The first kappa shape index (κ1) is 18.0. The fraction of sp³-hybridized carbons (Fsp3) is 0.688. The zero-order chi connectivity index (χ0) is 14.7. The van der Waals surface area contributed by atoms with Crippen LogP contribution in [0.3, 0.4) is 0 Å². The van der Waals surface area contributed by atoms with E-state index < -0.39 is 0 Å². The predicted octanol–water partition coefficient (Wildman–Crippen LogP) is 2.99. The monoisotopic (exact) mass is 434 g/mol. The highest BCUT2D eigenvalue weighted by molar-refractivity contribution is 14.0. The summed E-state index contributed by atoms with van der Waals surface area (Å²) >= 11 is 1.86. The van der Waals surface area contributed by atoms with Crippen molar-refractivity contribution in [3.63, 3.8) is 0 Å². The van der Waals surface area contributed by atoms with Gasteiger partial charge in [0.25, 0.3) is 0 Å². The van der Waals surface area contributed by atoms with Gasteiger partial charge in [-0.15, -0.1) is 35.3 Å². The van der Waals surface area contributed by atoms with E-state index in [0.29, 0.717) is 12.0 Å². The van der Waals surface area contributed by atoms with Crippen LogP contribution in [-0.4, -0.2) is 48.5 Å². The van der Waals surface area contributed by atoms with E-state index in [1.54, 1.807) is 0 Å². The van der Waals surface area contributed by atoms with Crippen LogP contribution >= 0.6 is 35.3 Å². The van der Waals surface area contributed by atoms with Gasteiger partial charge in [-0.3, -0.25) is 9.89 Å². The van der Waals surface area contributed by atoms with Crippen molar-refractivity contribution in [3.05, 3.63) is 22.4 Å². The first-order valence-electron chi connectivity index (χ1n) is 8.00. The number of nitrogens with zero attached hydrogens (tertiary/aromatic N) is 3. The Morgan fingerprint density at radius 3 is 2.68 bits per heavy atom. The molecule has 4 nitrogen and oxygen atoms in total. The van der Waals surface area contributed by atoms with Crippen molar-refractivity contribution in [3.8, 4) is 0 Å². The molecule has 2 aliphatic rings. The van der Waals surface area contributed by atoms with E-state index in [9.17, 15) is 0 Å². The highest BCUT2D eigenvalue weighted by Gasteiger charge is 2.27. The van der Waals surface area contributed by atoms with Gasteiger partial charge in [0.15, 0.2) is 5.96 Å². The lowest BCUT2D eigenvalue weighted by Crippen LogP contribution is -2.37. The summed E-state index contributed by atoms with van der Waals surface area (Å²) in [5.41, 5.74) is 6.06. The van der Waals surface area contributed by atoms with Crippen LogP contribution in [0.5, 0.6) is 0 Å². The molecule has 0 aromatic carbocycles. The van der Waals surface area contributed by atoms with Crippen molar-refractivity contribution in [2.45, 2.75) is 38.3 Å². The number of guanidine groups is 1. The summed E-state index contributed by atoms with van der Waals surface area (Å²) in [6.07, 6.45) is 5.03. The van der Waals surface area contributed by atoms with Gasteiger partial charge in [0, 0.05) is 31.1 Å². The van der Waals surface area contributed by atoms with E-state index in [1.807, 2.05) is 11.3 Å². The molecule has 22 heavy (non-hydrogen) atoms. The van der Waals surface area contributed by atoms with E-state index in [0.717, 1.165) is 19.0 Å². The number of halogens is 1. The number of hydrogen-bond donors (Lipinski definition) is 1. The van der Waals surface area contributed by atoms with Gasteiger partial charge >= 0.3 is 0 Å². The minimum Gasteiger partial charge on any atom is -0.370 e. The summed E-state index contributed by atoms with van der Waals surface area (Å²) in [6, 6.07) is 5.03. The maximum atomic E-state index is 6.06. The molecular formula is C16H27IN4S. The standard InChI is InChI=1S/C16H26N4S.HI/c1-19(14-4-5-14)16(17)18-11-13-6-8-20(9-7-13)12-15-3-2-10-21-15;/h2-3,10,13-14H,4-9,11-12H2,1H3,(H2,17,18);1H. The van der Waals surface area contributed by atoms with Gasteiger partial charge in [0.1, 0.15) is 0 Å². The van der Waals surface area contributed by atoms with Crippen LogP contribution in [0, 0.1) is 5.92 Å². The molecule has 0 radical (unpaired) electrons. The molecule has 0 atom stereocenters. The number of likely N-dealkylation sites (tertiary alicyclic amines) is 1. The molecule has 2 heterocycles. The fourth-order valence-electron chi connectivity index (χ4n) is 2.93. The highest BCUT2D eigenvalue weighted by atomic mass is 127. The Labute approximate surface area is 154 Å². The highest BCUT2D eigenvalue weighted by Crippen LogP contribution is 2.25. The Morgan fingerprint density at radius 2 is 2.09 bits per heavy atom. The molecule has 1 aliphatic carbocycles. The lowest BCUT2D eigenvalue weighted by Gasteiger charge is -2.31. The molecule has 0 spiro atoms. The van der Waals surface area contributed by atoms with Gasteiger partial charge in [-0.05, 0) is 56.1 Å². The molecule has 2 N–H and O–H groups in total. The zero-order valence-corrected chi connectivity index (χ0v) is 16.4. The number of thiophene rings is 1. The first-order valence-corrected chi connectivity index (χ1v) is 8.88. The summed E-state index contributed by atoms with van der Waals surface area (Å²) < 4.78 is 0. The van der Waals surface area contributed by atoms with E-state index >= 15 is 0 Å². The van der Waals surface area contributed by atoms with Crippen molar-refractivity contribution in [1.82, 2.24) is 9.80 Å². The molecule has 0 bridgehead atoms. The zero-order valence-electron chi connectivity index (χ0n) is 13.3. The van der Waals surface area contributed by atoms with Gasteiger partial charge in [0.05, 0.1) is 0 Å². The van der Waals surface area contributed by atoms with Gasteiger partial charge in [-0.25, -0.2) is 0 Å². The van der Waals surface area contributed by atoms with E-state index in [1.165, 1.54) is 43.6 Å². The maximum absolute atomic E-state index is 6.06. The van der Waals surface area contributed by atoms with Gasteiger partial charge in [-0.1, -0.05) is 6.07 Å². The summed E-state index contributed by atoms with van der Waals surface area (Å²) in [6.45, 7) is 4.39. The maximum Gasteiger partial charge on any atom is 0.191 e. The number of piperidine rings is 1. The molecule has 0 amide bonds. The number of hydrogen-bond acceptors (Lipinski definition) is 3. The van der Waals surface area contributed by atoms with Crippen molar-refractivity contribution in [1.29, 1.82) is 0 Å². The minimum absolute atomic E-state index is 0. The third-order valence-electron chi connectivity index (χ3n) is 4.63. The van der Waals surface area contributed by atoms with Crippen LogP contribution in [0.1, 0.15) is 30.6 Å². The molecule has 2 fully saturated rings. The molecule has 124 valence electrons. The summed E-state index contributed by atoms with van der Waals surface area (Å²) in [4.78, 5) is 10.8. The molecule has 0 unspecified atom stereocenters. The van der Waals surface area contributed by atoms with Crippen LogP contribution in [0.4, 0.5) is 0 Å². The molecule has 1 saturated heterocycles. The van der Waals surface area contributed by atoms with Crippen LogP contribution in [0.2, 0.25) is 0 Å². The number of rotatable bonds is 5. The molecule has 3 rings (SSSR count). The Morgan fingerprint density at radius 1 is 1.36 bits per heavy atom. The number of aliphatic imine (C=N–C) groups is 1. The first-order chi connectivity index (χ1) is 10.2. The predicted molar refractivity (Wildman–Crippen MR) is 105 cm³/mol. The second-order valence-electron chi connectivity index (χ2n) is 6.34. The van der Waals surface area contributed by atoms with Crippen LogP contribution < -0.4 is 5.73 Å². The van der Waals surface area contributed by atoms with E-state index in [2.05, 4.69) is 39.4 Å². The van der Waals surface area contributed by atoms with Gasteiger partial charge in [0.2, 0.25) is 0 Å². The molecule has 1 aromatic heterocycles. The largest absolute Gasteiger partial charge is 0.370 e. The Balaban J connectivity index is 0.00000176. The third-order valence-corrected chi connectivity index (χ3v) is 5.50. The van der Waals surface area contributed by atoms with E-state index in [-0.39, 0.29) is 24.0 Å². The van der Waals surface area contributed by atoms with Crippen molar-refractivity contribution < 1.29 is 0 Å². The van der Waals surface area contributed by atoms with Crippen LogP contribution in [0.15, 0.2) is 22.5 Å². The van der Waals surface area contributed by atoms with Crippen LogP contribution in [0.25, 0.3) is 0 Å². The normalized spacial score (nSPS) is 20.7. The van der Waals surface area contributed by atoms with E-state index in [4.69, 9.17) is 5.73 Å². The Bertz CT molecular complexity index is 465. The Kier molecular flexibility index (Phi) is 6.95. The van der Waals surface area contributed by atoms with Crippen LogP contribution in [-0.2, 0) is 6.54 Å². The average molecular weight is 434 g/mol. The molecular weight excluding hydrogens is 407 g/mol. The average Bonchev–Trinajstić information content (AvgIpc) is 3.23. The lowest BCUT2D eigenvalue weighted by molar-refractivity contribution is 0.182. The van der Waals surface area contributed by atoms with Crippen molar-refractivity contribution >= 4 is 41.3 Å². The lowest BCUT2D eigenvalue weighted by atomic mass is 9.97. The smallest absolute Gasteiger partial charge is 0.191 e. The summed E-state index contributed by atoms with van der Waals surface area (Å²) in [5.74, 6) is 1.44. The number of nitrogens with two attached hydrogens (primary N) is 1. The summed E-state index contributed by atoms with van der Waals surface area (Å²) in [7, 11) is 2.07.